The molecule has 3 N–H and O–H groups in total. The Morgan fingerprint density at radius 1 is 1.03 bits per heavy atom. The van der Waals surface area contributed by atoms with Gasteiger partial charge in [0.15, 0.2) is 5.76 Å². The largest absolute Gasteiger partial charge is 0.451 e. The van der Waals surface area contributed by atoms with E-state index in [0.29, 0.717) is 23.2 Å². The molecule has 1 aliphatic carbocycles. The minimum Gasteiger partial charge on any atom is -0.451 e. The van der Waals surface area contributed by atoms with Crippen LogP contribution in [0.25, 0.3) is 11.0 Å². The van der Waals surface area contributed by atoms with Crippen LogP contribution in [0, 0.1) is 0 Å². The first kappa shape index (κ1) is 23.9. The SMILES string of the molecule is NC(=O)[C@H]1CCCN1Cc1cccc(NC(=O)c2oc3ccccc3c2CSC2CCCCC2)c1. The van der Waals surface area contributed by atoms with Crippen LogP contribution >= 0.6 is 11.8 Å². The van der Waals surface area contributed by atoms with E-state index in [-0.39, 0.29) is 17.9 Å². The molecule has 3 aromatic rings. The number of carbonyl (C=O) groups is 2. The molecule has 0 spiro atoms. The van der Waals surface area contributed by atoms with Gasteiger partial charge in [0.2, 0.25) is 5.91 Å². The number of nitrogens with zero attached hydrogens (tertiary/aromatic N) is 1. The molecule has 184 valence electrons. The highest BCUT2D eigenvalue weighted by atomic mass is 32.2. The highest BCUT2D eigenvalue weighted by molar-refractivity contribution is 7.99. The van der Waals surface area contributed by atoms with E-state index in [2.05, 4.69) is 10.2 Å². The first-order valence-corrected chi connectivity index (χ1v) is 13.7. The number of nitrogens with one attached hydrogen (secondary N) is 1. The van der Waals surface area contributed by atoms with Gasteiger partial charge < -0.3 is 15.5 Å². The Hall–Kier alpha value is -2.77. The normalized spacial score (nSPS) is 19.3. The van der Waals surface area contributed by atoms with Crippen molar-refractivity contribution < 1.29 is 14.0 Å². The molecule has 2 aliphatic rings. The number of para-hydroxylation sites is 1. The first-order valence-electron chi connectivity index (χ1n) is 12.6. The fourth-order valence-electron chi connectivity index (χ4n) is 5.37. The standard InChI is InChI=1S/C28H33N3O3S/c29-27(32)24-13-7-15-31(24)17-19-8-6-9-20(16-19)30-28(33)26-23(18-35-21-10-2-1-3-11-21)22-12-4-5-14-25(22)34-26/h4-6,8-9,12,14,16,21,24H,1-3,7,10-11,13,15,17-18H2,(H2,29,32)(H,30,33)/t24-/m1/s1. The van der Waals surface area contributed by atoms with E-state index in [1.165, 1.54) is 32.1 Å². The fourth-order valence-corrected chi connectivity index (χ4v) is 6.72. The second-order valence-corrected chi connectivity index (χ2v) is 11.0. The van der Waals surface area contributed by atoms with E-state index < -0.39 is 0 Å². The van der Waals surface area contributed by atoms with Gasteiger partial charge in [0.05, 0.1) is 6.04 Å². The molecule has 1 aromatic heterocycles. The molecule has 6 nitrogen and oxygen atoms in total. The fraction of sp³-hybridized carbons (Fsp3) is 0.429. The molecular weight excluding hydrogens is 458 g/mol. The van der Waals surface area contributed by atoms with Crippen molar-refractivity contribution in [3.8, 4) is 0 Å². The van der Waals surface area contributed by atoms with E-state index in [9.17, 15) is 9.59 Å². The van der Waals surface area contributed by atoms with Gasteiger partial charge in [-0.3, -0.25) is 14.5 Å². The minimum absolute atomic E-state index is 0.215. The number of primary amides is 1. The predicted octanol–water partition coefficient (Wildman–Crippen LogP) is 5.70. The van der Waals surface area contributed by atoms with Gasteiger partial charge in [0.25, 0.3) is 5.91 Å². The van der Waals surface area contributed by atoms with E-state index >= 15 is 0 Å². The molecule has 5 rings (SSSR count). The van der Waals surface area contributed by atoms with Crippen molar-refractivity contribution in [1.82, 2.24) is 4.90 Å². The Kier molecular flexibility index (Phi) is 7.44. The number of benzene rings is 2. The lowest BCUT2D eigenvalue weighted by atomic mass is 10.0. The maximum absolute atomic E-state index is 13.4. The van der Waals surface area contributed by atoms with E-state index in [0.717, 1.165) is 47.2 Å². The lowest BCUT2D eigenvalue weighted by molar-refractivity contribution is -0.122. The summed E-state index contributed by atoms with van der Waals surface area (Å²) in [4.78, 5) is 27.2. The third kappa shape index (κ3) is 5.57. The van der Waals surface area contributed by atoms with Gasteiger partial charge in [-0.05, 0) is 56.0 Å². The van der Waals surface area contributed by atoms with Crippen LogP contribution in [0.15, 0.2) is 52.9 Å². The van der Waals surface area contributed by atoms with Crippen molar-refractivity contribution in [3.63, 3.8) is 0 Å². The van der Waals surface area contributed by atoms with Gasteiger partial charge in [-0.2, -0.15) is 11.8 Å². The number of amides is 2. The summed E-state index contributed by atoms with van der Waals surface area (Å²) in [5.74, 6) is 0.672. The Bertz CT molecular complexity index is 1200. The zero-order valence-corrected chi connectivity index (χ0v) is 20.8. The molecule has 7 heteroatoms. The predicted molar refractivity (Wildman–Crippen MR) is 141 cm³/mol. The van der Waals surface area contributed by atoms with Crippen LogP contribution in [0.1, 0.15) is 66.6 Å². The average molecular weight is 492 g/mol. The lowest BCUT2D eigenvalue weighted by Gasteiger charge is -2.22. The molecule has 0 radical (unpaired) electrons. The lowest BCUT2D eigenvalue weighted by Crippen LogP contribution is -2.39. The summed E-state index contributed by atoms with van der Waals surface area (Å²) in [6.07, 6.45) is 8.21. The van der Waals surface area contributed by atoms with Crippen LogP contribution in [0.5, 0.6) is 0 Å². The van der Waals surface area contributed by atoms with Gasteiger partial charge in [-0.1, -0.05) is 49.6 Å². The molecule has 2 aromatic carbocycles. The van der Waals surface area contributed by atoms with Crippen molar-refractivity contribution in [1.29, 1.82) is 0 Å². The molecule has 1 atom stereocenters. The Labute approximate surface area is 210 Å². The van der Waals surface area contributed by atoms with Crippen LogP contribution in [0.3, 0.4) is 0 Å². The van der Waals surface area contributed by atoms with Gasteiger partial charge in [0, 0.05) is 34.2 Å². The molecule has 1 saturated heterocycles. The average Bonchev–Trinajstić information content (AvgIpc) is 3.48. The molecule has 0 bridgehead atoms. The van der Waals surface area contributed by atoms with Crippen LogP contribution < -0.4 is 11.1 Å². The third-order valence-electron chi connectivity index (χ3n) is 7.18. The number of furan rings is 1. The van der Waals surface area contributed by atoms with Crippen molar-refractivity contribution in [2.75, 3.05) is 11.9 Å². The van der Waals surface area contributed by atoms with Crippen LogP contribution in [0.4, 0.5) is 5.69 Å². The Morgan fingerprint density at radius 3 is 2.69 bits per heavy atom. The number of anilines is 1. The number of rotatable bonds is 8. The number of thioether (sulfide) groups is 1. The molecule has 2 heterocycles. The van der Waals surface area contributed by atoms with Crippen molar-refractivity contribution in [3.05, 3.63) is 65.4 Å². The highest BCUT2D eigenvalue weighted by Crippen LogP contribution is 2.35. The zero-order chi connectivity index (χ0) is 24.2. The quantitative estimate of drug-likeness (QED) is 0.422. The van der Waals surface area contributed by atoms with Gasteiger partial charge >= 0.3 is 0 Å². The first-order chi connectivity index (χ1) is 17.1. The van der Waals surface area contributed by atoms with Gasteiger partial charge in [0.1, 0.15) is 5.58 Å². The third-order valence-corrected chi connectivity index (χ3v) is 8.58. The summed E-state index contributed by atoms with van der Waals surface area (Å²) in [7, 11) is 0. The molecule has 35 heavy (non-hydrogen) atoms. The highest BCUT2D eigenvalue weighted by Gasteiger charge is 2.29. The van der Waals surface area contributed by atoms with Gasteiger partial charge in [-0.25, -0.2) is 0 Å². The molecule has 1 aliphatic heterocycles. The van der Waals surface area contributed by atoms with Crippen LogP contribution in [-0.4, -0.2) is 34.6 Å². The number of fused-ring (bicyclic) bond motifs is 1. The van der Waals surface area contributed by atoms with E-state index in [1.807, 2.05) is 60.3 Å². The maximum atomic E-state index is 13.4. The summed E-state index contributed by atoms with van der Waals surface area (Å²) in [5, 5.41) is 4.71. The number of likely N-dealkylation sites (tertiary alicyclic amines) is 1. The van der Waals surface area contributed by atoms with Crippen LogP contribution in [-0.2, 0) is 17.1 Å². The van der Waals surface area contributed by atoms with Gasteiger partial charge in [-0.15, -0.1) is 0 Å². The van der Waals surface area contributed by atoms with E-state index in [1.54, 1.807) is 0 Å². The second-order valence-electron chi connectivity index (χ2n) is 9.66. The summed E-state index contributed by atoms with van der Waals surface area (Å²) < 4.78 is 6.07. The Balaban J connectivity index is 1.32. The van der Waals surface area contributed by atoms with Crippen molar-refractivity contribution in [2.24, 2.45) is 5.73 Å². The van der Waals surface area contributed by atoms with Crippen LogP contribution in [0.2, 0.25) is 0 Å². The summed E-state index contributed by atoms with van der Waals surface area (Å²) >= 11 is 1.95. The smallest absolute Gasteiger partial charge is 0.291 e. The van der Waals surface area contributed by atoms with E-state index in [4.69, 9.17) is 10.2 Å². The molecule has 2 amide bonds. The zero-order valence-electron chi connectivity index (χ0n) is 20.0. The molecule has 1 saturated carbocycles. The maximum Gasteiger partial charge on any atom is 0.291 e. The molecular formula is C28H33N3O3S. The summed E-state index contributed by atoms with van der Waals surface area (Å²) in [6.45, 7) is 1.48. The minimum atomic E-state index is -0.268. The Morgan fingerprint density at radius 2 is 1.86 bits per heavy atom. The topological polar surface area (TPSA) is 88.6 Å². The van der Waals surface area contributed by atoms with Crippen molar-refractivity contribution >= 4 is 40.2 Å². The molecule has 0 unspecified atom stereocenters. The number of hydrogen-bond donors (Lipinski definition) is 2. The summed E-state index contributed by atoms with van der Waals surface area (Å²) in [5.41, 5.74) is 9.05. The molecule has 2 fully saturated rings. The monoisotopic (exact) mass is 491 g/mol. The number of hydrogen-bond acceptors (Lipinski definition) is 5. The summed E-state index contributed by atoms with van der Waals surface area (Å²) in [6, 6.07) is 15.5. The number of carbonyl (C=O) groups excluding carboxylic acids is 2. The number of nitrogens with two attached hydrogens (primary N) is 1. The second kappa shape index (κ2) is 10.9. The van der Waals surface area contributed by atoms with Crippen molar-refractivity contribution in [2.45, 2.75) is 68.5 Å².